The Morgan fingerprint density at radius 2 is 1.42 bits per heavy atom. The molecule has 1 saturated heterocycles. The monoisotopic (exact) mass is 288 g/mol. The summed E-state index contributed by atoms with van der Waals surface area (Å²) in [5.74, 6) is 1.25. The van der Waals surface area contributed by atoms with Gasteiger partial charge in [0.15, 0.2) is 0 Å². The van der Waals surface area contributed by atoms with E-state index in [9.17, 15) is 0 Å². The molecule has 1 nitrogen and oxygen atoms in total. The first-order valence-electron chi connectivity index (χ1n) is 8.51. The lowest BCUT2D eigenvalue weighted by atomic mass is 9.92. The van der Waals surface area contributed by atoms with Crippen molar-refractivity contribution < 1.29 is 4.74 Å². The zero-order chi connectivity index (χ0) is 13.9. The van der Waals surface area contributed by atoms with E-state index in [2.05, 4.69) is 13.8 Å². The van der Waals surface area contributed by atoms with Crippen molar-refractivity contribution in [3.8, 4) is 0 Å². The zero-order valence-electron chi connectivity index (χ0n) is 13.0. The van der Waals surface area contributed by atoms with Crippen molar-refractivity contribution in [2.75, 3.05) is 6.61 Å². The topological polar surface area (TPSA) is 9.23 Å². The highest BCUT2D eigenvalue weighted by atomic mass is 35.5. The first kappa shape index (κ1) is 17.3. The fraction of sp³-hybridized carbons (Fsp3) is 1.00. The lowest BCUT2D eigenvalue weighted by molar-refractivity contribution is 0.149. The van der Waals surface area contributed by atoms with Gasteiger partial charge in [0.2, 0.25) is 0 Å². The highest BCUT2D eigenvalue weighted by molar-refractivity contribution is 6.20. The Balaban J connectivity index is 1.83. The fourth-order valence-corrected chi connectivity index (χ4v) is 3.48. The molecule has 2 heteroatoms. The number of halogens is 1. The second-order valence-corrected chi connectivity index (χ2v) is 6.73. The van der Waals surface area contributed by atoms with Crippen LogP contribution in [0.1, 0.15) is 84.5 Å². The lowest BCUT2D eigenvalue weighted by Gasteiger charge is -2.15. The number of unbranched alkanes of at least 4 members (excludes halogenated alkanes) is 9. The van der Waals surface area contributed by atoms with E-state index in [1.807, 2.05) is 0 Å². The van der Waals surface area contributed by atoms with Crippen molar-refractivity contribution in [1.29, 1.82) is 0 Å². The highest BCUT2D eigenvalue weighted by Gasteiger charge is 2.32. The second-order valence-electron chi connectivity index (χ2n) is 6.30. The van der Waals surface area contributed by atoms with Crippen molar-refractivity contribution in [1.82, 2.24) is 0 Å². The minimum Gasteiger partial charge on any atom is -0.362 e. The van der Waals surface area contributed by atoms with Gasteiger partial charge in [0.1, 0.15) is 5.56 Å². The number of hydrogen-bond donors (Lipinski definition) is 0. The summed E-state index contributed by atoms with van der Waals surface area (Å²) in [6.45, 7) is 5.40. The molecule has 1 aliphatic rings. The van der Waals surface area contributed by atoms with Crippen molar-refractivity contribution in [2.45, 2.75) is 90.0 Å². The van der Waals surface area contributed by atoms with Crippen LogP contribution in [-0.2, 0) is 4.74 Å². The summed E-state index contributed by atoms with van der Waals surface area (Å²) < 4.78 is 5.49. The van der Waals surface area contributed by atoms with Gasteiger partial charge >= 0.3 is 0 Å². The van der Waals surface area contributed by atoms with Crippen LogP contribution in [0.25, 0.3) is 0 Å². The quantitative estimate of drug-likeness (QED) is 0.327. The van der Waals surface area contributed by atoms with E-state index in [-0.39, 0.29) is 5.56 Å². The van der Waals surface area contributed by atoms with Crippen LogP contribution in [0.3, 0.4) is 0 Å². The Labute approximate surface area is 125 Å². The van der Waals surface area contributed by atoms with Crippen molar-refractivity contribution in [3.05, 3.63) is 0 Å². The Hall–Kier alpha value is 0.250. The summed E-state index contributed by atoms with van der Waals surface area (Å²) in [6, 6.07) is 0. The minimum absolute atomic E-state index is 0.0198. The molecule has 3 atom stereocenters. The van der Waals surface area contributed by atoms with Gasteiger partial charge in [-0.3, -0.25) is 0 Å². The van der Waals surface area contributed by atoms with Gasteiger partial charge < -0.3 is 4.74 Å². The van der Waals surface area contributed by atoms with Gasteiger partial charge in [-0.05, 0) is 12.3 Å². The smallest absolute Gasteiger partial charge is 0.134 e. The van der Waals surface area contributed by atoms with Crippen molar-refractivity contribution in [2.24, 2.45) is 11.8 Å². The molecule has 0 saturated carbocycles. The molecule has 114 valence electrons. The summed E-state index contributed by atoms with van der Waals surface area (Å²) >= 11 is 6.17. The molecule has 0 N–H and O–H groups in total. The van der Waals surface area contributed by atoms with Crippen LogP contribution >= 0.6 is 11.6 Å². The van der Waals surface area contributed by atoms with E-state index < -0.39 is 0 Å². The molecular formula is C17H33ClO. The van der Waals surface area contributed by atoms with Crippen LogP contribution in [0.4, 0.5) is 0 Å². The highest BCUT2D eigenvalue weighted by Crippen LogP contribution is 2.33. The van der Waals surface area contributed by atoms with E-state index in [0.29, 0.717) is 11.8 Å². The van der Waals surface area contributed by atoms with Crippen LogP contribution in [0.5, 0.6) is 0 Å². The average molecular weight is 289 g/mol. The summed E-state index contributed by atoms with van der Waals surface area (Å²) in [6.07, 6.45) is 15.3. The normalized spacial score (nSPS) is 27.0. The first-order valence-corrected chi connectivity index (χ1v) is 8.95. The molecule has 0 bridgehead atoms. The van der Waals surface area contributed by atoms with E-state index >= 15 is 0 Å². The molecule has 1 rings (SSSR count). The number of hydrogen-bond acceptors (Lipinski definition) is 1. The Morgan fingerprint density at radius 3 is 1.89 bits per heavy atom. The Bertz CT molecular complexity index is 197. The second kappa shape index (κ2) is 11.0. The maximum absolute atomic E-state index is 6.17. The molecule has 1 aliphatic heterocycles. The molecule has 0 aliphatic carbocycles. The average Bonchev–Trinajstić information content (AvgIpc) is 2.72. The van der Waals surface area contributed by atoms with Gasteiger partial charge in [0.25, 0.3) is 0 Å². The van der Waals surface area contributed by atoms with Gasteiger partial charge in [-0.1, -0.05) is 89.7 Å². The van der Waals surface area contributed by atoms with E-state index in [0.717, 1.165) is 6.61 Å². The third kappa shape index (κ3) is 7.56. The first-order chi connectivity index (χ1) is 9.25. The maximum atomic E-state index is 6.17. The molecular weight excluding hydrogens is 256 g/mol. The molecule has 1 fully saturated rings. The van der Waals surface area contributed by atoms with Crippen LogP contribution in [-0.4, -0.2) is 12.2 Å². The third-order valence-electron chi connectivity index (χ3n) is 4.48. The van der Waals surface area contributed by atoms with Gasteiger partial charge in [0, 0.05) is 5.92 Å². The van der Waals surface area contributed by atoms with Gasteiger partial charge in [-0.25, -0.2) is 0 Å². The third-order valence-corrected chi connectivity index (χ3v) is 4.93. The van der Waals surface area contributed by atoms with Crippen LogP contribution in [0, 0.1) is 11.8 Å². The van der Waals surface area contributed by atoms with E-state index in [4.69, 9.17) is 16.3 Å². The standard InChI is InChI=1S/C17H33ClO/c1-3-4-5-6-7-8-9-10-11-12-13-16-15(2)14-19-17(16)18/h15-17H,3-14H2,1-2H3. The molecule has 0 spiro atoms. The summed E-state index contributed by atoms with van der Waals surface area (Å²) in [5.41, 5.74) is -0.0198. The molecule has 1 heterocycles. The molecule has 0 aromatic carbocycles. The molecule has 19 heavy (non-hydrogen) atoms. The van der Waals surface area contributed by atoms with Gasteiger partial charge in [0.05, 0.1) is 6.61 Å². The van der Waals surface area contributed by atoms with Crippen LogP contribution < -0.4 is 0 Å². The number of ether oxygens (including phenoxy) is 1. The lowest BCUT2D eigenvalue weighted by Crippen LogP contribution is -2.13. The Morgan fingerprint density at radius 1 is 0.895 bits per heavy atom. The summed E-state index contributed by atoms with van der Waals surface area (Å²) in [7, 11) is 0. The van der Waals surface area contributed by atoms with Gasteiger partial charge in [-0.2, -0.15) is 0 Å². The maximum Gasteiger partial charge on any atom is 0.134 e. The molecule has 3 unspecified atom stereocenters. The summed E-state index contributed by atoms with van der Waals surface area (Å²) in [4.78, 5) is 0. The SMILES string of the molecule is CCCCCCCCCCCCC1C(C)COC1Cl. The number of alkyl halides is 1. The molecule has 0 amide bonds. The fourth-order valence-electron chi connectivity index (χ4n) is 3.03. The minimum atomic E-state index is -0.0198. The predicted octanol–water partition coefficient (Wildman–Crippen LogP) is 6.14. The largest absolute Gasteiger partial charge is 0.362 e. The van der Waals surface area contributed by atoms with E-state index in [1.165, 1.54) is 70.6 Å². The summed E-state index contributed by atoms with van der Waals surface area (Å²) in [5, 5.41) is 0. The van der Waals surface area contributed by atoms with Crippen LogP contribution in [0.2, 0.25) is 0 Å². The van der Waals surface area contributed by atoms with Crippen molar-refractivity contribution in [3.63, 3.8) is 0 Å². The number of rotatable bonds is 11. The van der Waals surface area contributed by atoms with Gasteiger partial charge in [-0.15, -0.1) is 0 Å². The van der Waals surface area contributed by atoms with Crippen LogP contribution in [0.15, 0.2) is 0 Å². The Kier molecular flexibility index (Phi) is 9.99. The molecule has 0 aromatic heterocycles. The molecule has 0 aromatic rings. The van der Waals surface area contributed by atoms with Crippen molar-refractivity contribution >= 4 is 11.6 Å². The zero-order valence-corrected chi connectivity index (χ0v) is 13.8. The predicted molar refractivity (Wildman–Crippen MR) is 84.7 cm³/mol. The van der Waals surface area contributed by atoms with E-state index in [1.54, 1.807) is 0 Å². The molecule has 0 radical (unpaired) electrons.